The van der Waals surface area contributed by atoms with E-state index in [2.05, 4.69) is 11.7 Å². The minimum Gasteiger partial charge on any atom is -0.478 e. The third-order valence-corrected chi connectivity index (χ3v) is 5.45. The van der Waals surface area contributed by atoms with Crippen LogP contribution in [-0.4, -0.2) is 45.5 Å². The first-order valence-corrected chi connectivity index (χ1v) is 10.9. The quantitative estimate of drug-likeness (QED) is 0.446. The van der Waals surface area contributed by atoms with Crippen molar-refractivity contribution in [2.24, 2.45) is 11.8 Å². The first-order chi connectivity index (χ1) is 15.2. The highest BCUT2D eigenvalue weighted by Crippen LogP contribution is 2.33. The van der Waals surface area contributed by atoms with Crippen molar-refractivity contribution in [3.8, 4) is 5.75 Å². The predicted molar refractivity (Wildman–Crippen MR) is 104 cm³/mol. The van der Waals surface area contributed by atoms with E-state index in [1.807, 2.05) is 0 Å². The molecule has 0 saturated carbocycles. The van der Waals surface area contributed by atoms with Gasteiger partial charge in [0.15, 0.2) is 36.6 Å². The second kappa shape index (κ2) is 11.6. The molecule has 0 amide bonds. The van der Waals surface area contributed by atoms with Crippen molar-refractivity contribution >= 4 is 0 Å². The molecule has 1 aromatic carbocycles. The maximum atomic E-state index is 14.1. The van der Waals surface area contributed by atoms with Crippen molar-refractivity contribution in [1.82, 2.24) is 0 Å². The summed E-state index contributed by atoms with van der Waals surface area (Å²) in [7, 11) is 0. The Morgan fingerprint density at radius 2 is 1.44 bits per heavy atom. The lowest BCUT2D eigenvalue weighted by Gasteiger charge is -2.32. The van der Waals surface area contributed by atoms with Gasteiger partial charge >= 0.3 is 6.18 Å². The number of alkyl halides is 3. The fraction of sp³-hybridized carbons (Fsp3) is 0.727. The Morgan fingerprint density at radius 1 is 0.875 bits per heavy atom. The molecule has 0 radical (unpaired) electrons. The Kier molecular flexibility index (Phi) is 9.10. The molecule has 0 unspecified atom stereocenters. The molecule has 2 heterocycles. The van der Waals surface area contributed by atoms with Crippen LogP contribution in [0.25, 0.3) is 0 Å². The van der Waals surface area contributed by atoms with Gasteiger partial charge < -0.3 is 23.7 Å². The van der Waals surface area contributed by atoms with E-state index in [4.69, 9.17) is 18.9 Å². The molecule has 1 aromatic rings. The number of halogens is 5. The molecular formula is C22H29F5O5. The Morgan fingerprint density at radius 3 is 2.00 bits per heavy atom. The minimum atomic E-state index is -4.70. The summed E-state index contributed by atoms with van der Waals surface area (Å²) in [5.41, 5.74) is 0.0369. The Bertz CT molecular complexity index is 690. The number of rotatable bonds is 9. The summed E-state index contributed by atoms with van der Waals surface area (Å²) < 4.78 is 91.8. The first kappa shape index (κ1) is 25.1. The Hall–Kier alpha value is -1.49. The normalized spacial score (nSPS) is 26.8. The van der Waals surface area contributed by atoms with Crippen LogP contribution in [0, 0.1) is 23.5 Å². The number of hydrogen-bond acceptors (Lipinski definition) is 5. The van der Waals surface area contributed by atoms with Crippen LogP contribution in [-0.2, 0) is 18.9 Å². The van der Waals surface area contributed by atoms with E-state index < -0.39 is 36.5 Å². The summed E-state index contributed by atoms with van der Waals surface area (Å²) in [6, 6.07) is 1.72. The van der Waals surface area contributed by atoms with E-state index in [0.29, 0.717) is 38.8 Å². The van der Waals surface area contributed by atoms with Gasteiger partial charge in [-0.25, -0.2) is 8.78 Å². The smallest absolute Gasteiger partial charge is 0.422 e. The fourth-order valence-electron chi connectivity index (χ4n) is 3.69. The molecule has 0 bridgehead atoms. The molecule has 182 valence electrons. The molecular weight excluding hydrogens is 439 g/mol. The zero-order valence-corrected chi connectivity index (χ0v) is 18.0. The van der Waals surface area contributed by atoms with Gasteiger partial charge in [0.1, 0.15) is 0 Å². The van der Waals surface area contributed by atoms with Crippen LogP contribution >= 0.6 is 0 Å². The molecule has 0 aliphatic carbocycles. The Balaban J connectivity index is 1.42. The summed E-state index contributed by atoms with van der Waals surface area (Å²) in [5, 5.41) is 0. The molecule has 2 fully saturated rings. The maximum absolute atomic E-state index is 14.1. The molecule has 0 spiro atoms. The first-order valence-electron chi connectivity index (χ1n) is 10.9. The summed E-state index contributed by atoms with van der Waals surface area (Å²) in [6.07, 6.45) is -1.11. The molecule has 2 aliphatic rings. The summed E-state index contributed by atoms with van der Waals surface area (Å²) >= 11 is 0. The van der Waals surface area contributed by atoms with Crippen LogP contribution in [0.2, 0.25) is 0 Å². The molecule has 2 saturated heterocycles. The van der Waals surface area contributed by atoms with Crippen molar-refractivity contribution < 1.29 is 45.6 Å². The molecule has 2 aliphatic heterocycles. The highest BCUT2D eigenvalue weighted by Gasteiger charge is 2.31. The van der Waals surface area contributed by atoms with Gasteiger partial charge in [0.25, 0.3) is 0 Å². The average molecular weight is 468 g/mol. The van der Waals surface area contributed by atoms with Crippen LogP contribution in [0.5, 0.6) is 5.75 Å². The topological polar surface area (TPSA) is 46.2 Å². The van der Waals surface area contributed by atoms with Crippen molar-refractivity contribution in [2.75, 3.05) is 33.0 Å². The lowest BCUT2D eigenvalue weighted by Crippen LogP contribution is -2.33. The van der Waals surface area contributed by atoms with E-state index in [1.165, 1.54) is 0 Å². The third-order valence-electron chi connectivity index (χ3n) is 5.45. The monoisotopic (exact) mass is 468 g/mol. The van der Waals surface area contributed by atoms with Gasteiger partial charge in [-0.15, -0.1) is 0 Å². The molecule has 0 atom stereocenters. The van der Waals surface area contributed by atoms with Crippen LogP contribution < -0.4 is 4.74 Å². The average Bonchev–Trinajstić information content (AvgIpc) is 2.76. The standard InChI is InChI=1S/C22H29F5O5/c1-2-3-4-14-9-28-19(29-10-14)6-5-15-11-30-21(31-12-15)16-7-17(23)20(18(24)8-16)32-13-22(25,26)27/h7-8,14-15,19,21H,2-6,9-13H2,1H3/t14-,15-,19-,21-. The Labute approximate surface area is 184 Å². The number of unbranched alkanes of at least 4 members (excludes halogenated alkanes) is 1. The van der Waals surface area contributed by atoms with Crippen molar-refractivity contribution in [3.05, 3.63) is 29.3 Å². The lowest BCUT2D eigenvalue weighted by atomic mass is 10.0. The van der Waals surface area contributed by atoms with E-state index in [1.54, 1.807) is 0 Å². The largest absolute Gasteiger partial charge is 0.478 e. The molecule has 0 N–H and O–H groups in total. The fourth-order valence-corrected chi connectivity index (χ4v) is 3.69. The van der Waals surface area contributed by atoms with Gasteiger partial charge in [0, 0.05) is 17.4 Å². The van der Waals surface area contributed by atoms with E-state index >= 15 is 0 Å². The lowest BCUT2D eigenvalue weighted by molar-refractivity contribution is -0.220. The number of ether oxygens (including phenoxy) is 5. The predicted octanol–water partition coefficient (Wildman–Crippen LogP) is 5.53. The van der Waals surface area contributed by atoms with Gasteiger partial charge in [0.2, 0.25) is 0 Å². The van der Waals surface area contributed by atoms with Crippen LogP contribution in [0.15, 0.2) is 12.1 Å². The van der Waals surface area contributed by atoms with Crippen molar-refractivity contribution in [2.45, 2.75) is 57.8 Å². The summed E-state index contributed by atoms with van der Waals surface area (Å²) in [5.74, 6) is -3.06. The molecule has 3 rings (SSSR count). The molecule has 32 heavy (non-hydrogen) atoms. The van der Waals surface area contributed by atoms with Crippen molar-refractivity contribution in [3.63, 3.8) is 0 Å². The van der Waals surface area contributed by atoms with Crippen molar-refractivity contribution in [1.29, 1.82) is 0 Å². The van der Waals surface area contributed by atoms with Gasteiger partial charge in [-0.1, -0.05) is 19.8 Å². The van der Waals surface area contributed by atoms with Gasteiger partial charge in [-0.3, -0.25) is 0 Å². The van der Waals surface area contributed by atoms with E-state index in [9.17, 15) is 22.0 Å². The van der Waals surface area contributed by atoms with Crippen LogP contribution in [0.3, 0.4) is 0 Å². The van der Waals surface area contributed by atoms with Crippen LogP contribution in [0.1, 0.15) is 50.9 Å². The number of hydrogen-bond donors (Lipinski definition) is 0. The maximum Gasteiger partial charge on any atom is 0.422 e. The third kappa shape index (κ3) is 7.54. The summed E-state index contributed by atoms with van der Waals surface area (Å²) in [6.45, 7) is 2.39. The highest BCUT2D eigenvalue weighted by atomic mass is 19.4. The van der Waals surface area contributed by atoms with Gasteiger partial charge in [-0.05, 0) is 31.4 Å². The second-order valence-electron chi connectivity index (χ2n) is 8.26. The van der Waals surface area contributed by atoms with E-state index in [-0.39, 0.29) is 17.8 Å². The molecule has 10 heteroatoms. The number of benzene rings is 1. The zero-order valence-electron chi connectivity index (χ0n) is 18.0. The molecule has 5 nitrogen and oxygen atoms in total. The van der Waals surface area contributed by atoms with Crippen LogP contribution in [0.4, 0.5) is 22.0 Å². The SMILES string of the molecule is CCCC[C@H]1CO[C@H](CC[C@H]2CO[C@H](c3cc(F)c(OCC(F)(F)F)c(F)c3)OC2)OC1. The van der Waals surface area contributed by atoms with Gasteiger partial charge in [0.05, 0.1) is 26.4 Å². The zero-order chi connectivity index (χ0) is 23.1. The molecule has 0 aromatic heterocycles. The second-order valence-corrected chi connectivity index (χ2v) is 8.26. The highest BCUT2D eigenvalue weighted by molar-refractivity contribution is 5.32. The summed E-state index contributed by atoms with van der Waals surface area (Å²) in [4.78, 5) is 0. The minimum absolute atomic E-state index is 0.0369. The van der Waals surface area contributed by atoms with Gasteiger partial charge in [-0.2, -0.15) is 13.2 Å². The van der Waals surface area contributed by atoms with E-state index in [0.717, 1.165) is 37.8 Å².